The Morgan fingerprint density at radius 1 is 1.09 bits per heavy atom. The third-order valence-electron chi connectivity index (χ3n) is 4.64. The summed E-state index contributed by atoms with van der Waals surface area (Å²) in [6.45, 7) is 5.00. The Kier molecular flexibility index (Phi) is 6.77. The van der Waals surface area contributed by atoms with Crippen molar-refractivity contribution in [3.05, 3.63) is 58.7 Å². The molecule has 0 aliphatic carbocycles. The lowest BCUT2D eigenvalue weighted by Gasteiger charge is -2.08. The number of nitrogens with two attached hydrogens (primary N) is 1. The second-order valence-corrected chi connectivity index (χ2v) is 8.07. The molecular weight excluding hydrogens is 462 g/mol. The van der Waals surface area contributed by atoms with E-state index in [-0.39, 0.29) is 41.5 Å². The predicted octanol–water partition coefficient (Wildman–Crippen LogP) is 3.63. The van der Waals surface area contributed by atoms with Crippen LogP contribution >= 0.6 is 11.8 Å². The topological polar surface area (TPSA) is 156 Å². The van der Waals surface area contributed by atoms with Crippen molar-refractivity contribution in [2.24, 2.45) is 0 Å². The van der Waals surface area contributed by atoms with Crippen molar-refractivity contribution >= 4 is 40.6 Å². The minimum atomic E-state index is -0.571. The number of carbonyl (C=O) groups is 2. The summed E-state index contributed by atoms with van der Waals surface area (Å²) >= 11 is 1.37. The van der Waals surface area contributed by atoms with Crippen molar-refractivity contribution in [1.82, 2.24) is 20.1 Å². The molecule has 11 nitrogen and oxygen atoms in total. The summed E-state index contributed by atoms with van der Waals surface area (Å²) in [7, 11) is 0. The van der Waals surface area contributed by atoms with Crippen LogP contribution in [-0.4, -0.2) is 38.7 Å². The molecule has 4 aromatic rings. The van der Waals surface area contributed by atoms with Crippen LogP contribution in [0.1, 0.15) is 50.9 Å². The van der Waals surface area contributed by atoms with Gasteiger partial charge in [-0.15, -0.1) is 11.8 Å². The number of nitrogens with zero attached hydrogens (tertiary/aromatic N) is 4. The fourth-order valence-electron chi connectivity index (χ4n) is 3.20. The quantitative estimate of drug-likeness (QED) is 0.287. The van der Waals surface area contributed by atoms with E-state index in [2.05, 4.69) is 20.1 Å². The maximum absolute atomic E-state index is 12.8. The molecule has 0 saturated carbocycles. The van der Waals surface area contributed by atoms with Crippen LogP contribution in [0.2, 0.25) is 0 Å². The molecule has 0 aliphatic rings. The molecule has 0 radical (unpaired) electrons. The third-order valence-corrected chi connectivity index (χ3v) is 5.70. The van der Waals surface area contributed by atoms with Gasteiger partial charge in [0.1, 0.15) is 17.1 Å². The molecule has 1 aromatic carbocycles. The first kappa shape index (κ1) is 23.2. The van der Waals surface area contributed by atoms with Crippen molar-refractivity contribution in [2.45, 2.75) is 38.0 Å². The molecule has 34 heavy (non-hydrogen) atoms. The van der Waals surface area contributed by atoms with Gasteiger partial charge in [0, 0.05) is 4.90 Å². The molecule has 2 N–H and O–H groups in total. The van der Waals surface area contributed by atoms with E-state index in [1.807, 2.05) is 6.07 Å². The van der Waals surface area contributed by atoms with Crippen LogP contribution in [0.15, 0.2) is 38.1 Å². The maximum Gasteiger partial charge on any atom is 0.342 e. The summed E-state index contributed by atoms with van der Waals surface area (Å²) in [6.07, 6.45) is 0. The van der Waals surface area contributed by atoms with Gasteiger partial charge in [-0.25, -0.2) is 14.6 Å². The molecule has 0 spiro atoms. The number of hydrogen-bond acceptors (Lipinski definition) is 12. The maximum atomic E-state index is 12.8. The van der Waals surface area contributed by atoms with Gasteiger partial charge in [-0.2, -0.15) is 9.97 Å². The molecule has 0 unspecified atom stereocenters. The van der Waals surface area contributed by atoms with E-state index in [0.717, 1.165) is 0 Å². The molecule has 0 aliphatic heterocycles. The van der Waals surface area contributed by atoms with Crippen molar-refractivity contribution in [1.29, 1.82) is 0 Å². The highest BCUT2D eigenvalue weighted by atomic mass is 32.2. The predicted molar refractivity (Wildman–Crippen MR) is 121 cm³/mol. The van der Waals surface area contributed by atoms with Crippen LogP contribution in [0.5, 0.6) is 0 Å². The number of carbonyl (C=O) groups excluding carboxylic acids is 2. The van der Waals surface area contributed by atoms with E-state index in [0.29, 0.717) is 33.7 Å². The number of furan rings is 1. The number of nitrogen functional groups attached to an aromatic ring is 1. The number of ether oxygens (including phenoxy) is 2. The normalized spacial score (nSPS) is 11.0. The number of anilines is 1. The van der Waals surface area contributed by atoms with Crippen LogP contribution in [-0.2, 0) is 21.8 Å². The molecule has 12 heteroatoms. The first-order valence-electron chi connectivity index (χ1n) is 10.3. The van der Waals surface area contributed by atoms with Gasteiger partial charge in [0.05, 0.1) is 23.3 Å². The van der Waals surface area contributed by atoms with E-state index in [9.17, 15) is 9.59 Å². The van der Waals surface area contributed by atoms with E-state index >= 15 is 0 Å². The summed E-state index contributed by atoms with van der Waals surface area (Å²) in [5, 5.41) is 4.02. The molecule has 0 fully saturated rings. The summed E-state index contributed by atoms with van der Waals surface area (Å²) in [6, 6.07) is 7.01. The Hall–Kier alpha value is -3.93. The van der Waals surface area contributed by atoms with Gasteiger partial charge >= 0.3 is 11.9 Å². The highest BCUT2D eigenvalue weighted by molar-refractivity contribution is 7.98. The zero-order chi connectivity index (χ0) is 24.2. The van der Waals surface area contributed by atoms with Gasteiger partial charge in [0.2, 0.25) is 11.6 Å². The first-order chi connectivity index (χ1) is 16.4. The number of aromatic nitrogens is 4. The number of rotatable bonds is 8. The fraction of sp³-hybridized carbons (Fsp3) is 0.273. The SMILES string of the molecule is CCOC(=O)c1c(C)oc2nc(COC(=O)c3ccccc3SCc3nc(C)no3)nc(N)c12. The Morgan fingerprint density at radius 2 is 1.88 bits per heavy atom. The van der Waals surface area contributed by atoms with E-state index in [1.165, 1.54) is 11.8 Å². The van der Waals surface area contributed by atoms with Gasteiger partial charge in [0.25, 0.3) is 0 Å². The second-order valence-electron chi connectivity index (χ2n) is 7.06. The molecule has 3 aromatic heterocycles. The lowest BCUT2D eigenvalue weighted by Crippen LogP contribution is -2.10. The molecular formula is C22H21N5O6S. The highest BCUT2D eigenvalue weighted by Gasteiger charge is 2.24. The average Bonchev–Trinajstić information content (AvgIpc) is 3.38. The van der Waals surface area contributed by atoms with Gasteiger partial charge in [-0.3, -0.25) is 0 Å². The Balaban J connectivity index is 1.49. The molecule has 0 amide bonds. The molecule has 176 valence electrons. The third kappa shape index (κ3) is 4.86. The molecule has 3 heterocycles. The summed E-state index contributed by atoms with van der Waals surface area (Å²) in [5.41, 5.74) is 6.73. The molecule has 0 bridgehead atoms. The Morgan fingerprint density at radius 3 is 2.62 bits per heavy atom. The van der Waals surface area contributed by atoms with Crippen LogP contribution in [0.3, 0.4) is 0 Å². The first-order valence-corrected chi connectivity index (χ1v) is 11.3. The van der Waals surface area contributed by atoms with Crippen LogP contribution in [0.25, 0.3) is 11.1 Å². The zero-order valence-corrected chi connectivity index (χ0v) is 19.5. The van der Waals surface area contributed by atoms with Crippen molar-refractivity contribution in [3.63, 3.8) is 0 Å². The largest absolute Gasteiger partial charge is 0.462 e. The number of thioether (sulfide) groups is 1. The number of hydrogen-bond donors (Lipinski definition) is 1. The van der Waals surface area contributed by atoms with Gasteiger partial charge in [-0.1, -0.05) is 17.3 Å². The summed E-state index contributed by atoms with van der Waals surface area (Å²) < 4.78 is 21.2. The van der Waals surface area contributed by atoms with E-state index < -0.39 is 11.9 Å². The molecule has 4 rings (SSSR count). The lowest BCUT2D eigenvalue weighted by molar-refractivity contribution is 0.0457. The molecule has 0 saturated heterocycles. The zero-order valence-electron chi connectivity index (χ0n) is 18.7. The fourth-order valence-corrected chi connectivity index (χ4v) is 4.08. The summed E-state index contributed by atoms with van der Waals surface area (Å²) in [4.78, 5) is 38.3. The average molecular weight is 484 g/mol. The van der Waals surface area contributed by atoms with Crippen molar-refractivity contribution < 1.29 is 28.0 Å². The van der Waals surface area contributed by atoms with Crippen LogP contribution in [0, 0.1) is 13.8 Å². The molecule has 0 atom stereocenters. The minimum Gasteiger partial charge on any atom is -0.462 e. The van der Waals surface area contributed by atoms with E-state index in [4.69, 9.17) is 24.1 Å². The van der Waals surface area contributed by atoms with E-state index in [1.54, 1.807) is 39.0 Å². The van der Waals surface area contributed by atoms with Gasteiger partial charge in [-0.05, 0) is 32.9 Å². The van der Waals surface area contributed by atoms with Crippen LogP contribution < -0.4 is 5.73 Å². The second kappa shape index (κ2) is 9.91. The standard InChI is InChI=1S/C22H21N5O6S/c1-4-30-22(29)17-11(2)32-20-18(17)19(23)25-15(26-20)9-31-21(28)13-7-5-6-8-14(13)34-10-16-24-12(3)27-33-16/h5-8H,4,9-10H2,1-3H3,(H2,23,25,26). The Bertz CT molecular complexity index is 1370. The van der Waals surface area contributed by atoms with Crippen LogP contribution in [0.4, 0.5) is 5.82 Å². The number of fused-ring (bicyclic) bond motifs is 1. The number of benzene rings is 1. The minimum absolute atomic E-state index is 0.0294. The van der Waals surface area contributed by atoms with Gasteiger partial charge < -0.3 is 24.1 Å². The smallest absolute Gasteiger partial charge is 0.342 e. The number of aryl methyl sites for hydroxylation is 2. The van der Waals surface area contributed by atoms with Crippen molar-refractivity contribution in [3.8, 4) is 0 Å². The summed E-state index contributed by atoms with van der Waals surface area (Å²) in [5.74, 6) is 0.747. The van der Waals surface area contributed by atoms with Crippen molar-refractivity contribution in [2.75, 3.05) is 12.3 Å². The Labute approximate surface area is 198 Å². The highest BCUT2D eigenvalue weighted by Crippen LogP contribution is 2.30. The monoisotopic (exact) mass is 483 g/mol. The van der Waals surface area contributed by atoms with Gasteiger partial charge in [0.15, 0.2) is 18.3 Å². The lowest BCUT2D eigenvalue weighted by atomic mass is 10.2. The number of esters is 2.